The molecule has 7 nitrogen and oxygen atoms in total. The van der Waals surface area contributed by atoms with Crippen LogP contribution in [-0.4, -0.2) is 39.4 Å². The molecule has 1 aliphatic heterocycles. The van der Waals surface area contributed by atoms with Crippen LogP contribution in [-0.2, 0) is 17.1 Å². The minimum Gasteiger partial charge on any atom is -0.348 e. The Labute approximate surface area is 189 Å². The van der Waals surface area contributed by atoms with E-state index in [9.17, 15) is 35.9 Å². The summed E-state index contributed by atoms with van der Waals surface area (Å²) in [6.45, 7) is 0.156. The minimum absolute atomic E-state index is 0.150. The molecule has 2 aromatic rings. The van der Waals surface area contributed by atoms with Crippen LogP contribution in [0.25, 0.3) is 0 Å². The van der Waals surface area contributed by atoms with Crippen LogP contribution in [0.3, 0.4) is 0 Å². The Hall–Kier alpha value is -3.25. The number of amides is 2. The second-order valence-corrected chi connectivity index (χ2v) is 8.40. The van der Waals surface area contributed by atoms with E-state index in [-0.39, 0.29) is 18.8 Å². The van der Waals surface area contributed by atoms with Crippen molar-refractivity contribution in [2.24, 2.45) is 5.41 Å². The molecule has 2 unspecified atom stereocenters. The summed E-state index contributed by atoms with van der Waals surface area (Å²) in [6, 6.07) is 3.74. The van der Waals surface area contributed by atoms with Crippen LogP contribution in [0, 0.1) is 5.41 Å². The lowest BCUT2D eigenvalue weighted by Crippen LogP contribution is -2.46. The highest BCUT2D eigenvalue weighted by atomic mass is 19.4. The van der Waals surface area contributed by atoms with Gasteiger partial charge in [-0.25, -0.2) is 15.0 Å². The van der Waals surface area contributed by atoms with Crippen LogP contribution >= 0.6 is 0 Å². The molecule has 13 heteroatoms. The third kappa shape index (κ3) is 4.68. The first kappa shape index (κ1) is 23.9. The number of hydrogen-bond donors (Lipinski definition) is 1. The molecule has 2 amide bonds. The number of nitrogens with one attached hydrogen (secondary N) is 1. The van der Waals surface area contributed by atoms with Crippen molar-refractivity contribution in [2.45, 2.75) is 50.5 Å². The molecule has 3 heterocycles. The number of nitrogens with zero attached hydrogens (tertiary/aromatic N) is 4. The van der Waals surface area contributed by atoms with Crippen molar-refractivity contribution in [3.05, 3.63) is 47.7 Å². The van der Waals surface area contributed by atoms with Crippen LogP contribution in [0.1, 0.15) is 54.1 Å². The summed E-state index contributed by atoms with van der Waals surface area (Å²) in [6.07, 6.45) is -6.41. The van der Waals surface area contributed by atoms with E-state index in [4.69, 9.17) is 0 Å². The monoisotopic (exact) mass is 487 g/mol. The van der Waals surface area contributed by atoms with Crippen LogP contribution < -0.4 is 10.2 Å². The zero-order valence-corrected chi connectivity index (χ0v) is 17.6. The molecule has 2 aromatic heterocycles. The maximum atomic E-state index is 13.2. The third-order valence-electron chi connectivity index (χ3n) is 6.14. The molecule has 1 aliphatic carbocycles. The number of hydrogen-bond acceptors (Lipinski definition) is 5. The van der Waals surface area contributed by atoms with Gasteiger partial charge in [-0.3, -0.25) is 14.5 Å². The molecular formula is C21H19F6N5O2. The van der Waals surface area contributed by atoms with E-state index in [1.807, 2.05) is 0 Å². The van der Waals surface area contributed by atoms with E-state index < -0.39 is 52.8 Å². The Morgan fingerprint density at radius 3 is 2.53 bits per heavy atom. The van der Waals surface area contributed by atoms with Crippen molar-refractivity contribution in [2.75, 3.05) is 11.4 Å². The predicted octanol–water partition coefficient (Wildman–Crippen LogP) is 4.00. The lowest BCUT2D eigenvalue weighted by atomic mass is 9.71. The number of halogens is 6. The largest absolute Gasteiger partial charge is 0.451 e. The Balaban J connectivity index is 1.48. The van der Waals surface area contributed by atoms with Gasteiger partial charge in [0.2, 0.25) is 11.7 Å². The molecule has 1 spiro atoms. The lowest BCUT2D eigenvalue weighted by Gasteiger charge is -2.36. The van der Waals surface area contributed by atoms with Gasteiger partial charge in [0.05, 0.1) is 5.41 Å². The highest BCUT2D eigenvalue weighted by molar-refractivity contribution is 5.99. The van der Waals surface area contributed by atoms with Crippen LogP contribution in [0.4, 0.5) is 32.2 Å². The zero-order chi connectivity index (χ0) is 24.7. The first-order valence-electron chi connectivity index (χ1n) is 10.5. The van der Waals surface area contributed by atoms with Crippen molar-refractivity contribution < 1.29 is 35.9 Å². The van der Waals surface area contributed by atoms with Gasteiger partial charge >= 0.3 is 12.4 Å². The molecule has 1 N–H and O–H groups in total. The first-order valence-corrected chi connectivity index (χ1v) is 10.5. The highest BCUT2D eigenvalue weighted by Crippen LogP contribution is 2.46. The summed E-state index contributed by atoms with van der Waals surface area (Å²) >= 11 is 0. The predicted molar refractivity (Wildman–Crippen MR) is 105 cm³/mol. The maximum absolute atomic E-state index is 13.2. The normalized spacial score (nSPS) is 23.4. The van der Waals surface area contributed by atoms with E-state index in [2.05, 4.69) is 20.3 Å². The van der Waals surface area contributed by atoms with E-state index in [0.717, 1.165) is 18.3 Å². The minimum atomic E-state index is -4.76. The highest BCUT2D eigenvalue weighted by Gasteiger charge is 2.50. The van der Waals surface area contributed by atoms with Crippen molar-refractivity contribution in [3.8, 4) is 0 Å². The number of aromatic nitrogens is 3. The van der Waals surface area contributed by atoms with Gasteiger partial charge < -0.3 is 5.32 Å². The third-order valence-corrected chi connectivity index (χ3v) is 6.14. The van der Waals surface area contributed by atoms with Gasteiger partial charge in [0.1, 0.15) is 17.2 Å². The Kier molecular flexibility index (Phi) is 5.98. The molecule has 2 aliphatic rings. The lowest BCUT2D eigenvalue weighted by molar-refractivity contribution is -0.145. The van der Waals surface area contributed by atoms with Crippen LogP contribution in [0.5, 0.6) is 0 Å². The second-order valence-electron chi connectivity index (χ2n) is 8.40. The van der Waals surface area contributed by atoms with Gasteiger partial charge in [-0.15, -0.1) is 0 Å². The fourth-order valence-electron chi connectivity index (χ4n) is 4.56. The van der Waals surface area contributed by atoms with Crippen molar-refractivity contribution in [3.63, 3.8) is 0 Å². The molecule has 0 radical (unpaired) electrons. The molecule has 2 fully saturated rings. The van der Waals surface area contributed by atoms with Crippen LogP contribution in [0.15, 0.2) is 30.5 Å². The Morgan fingerprint density at radius 2 is 1.82 bits per heavy atom. The second kappa shape index (κ2) is 8.51. The molecule has 2 atom stereocenters. The van der Waals surface area contributed by atoms with Crippen molar-refractivity contribution >= 4 is 17.6 Å². The summed E-state index contributed by atoms with van der Waals surface area (Å²) < 4.78 is 77.6. The SMILES string of the molecule is O=C(NC1CCCC2(CCN(c3ccnc(C(F)(F)F)n3)C2=O)C1)c1cccc(C(F)(F)F)n1. The van der Waals surface area contributed by atoms with Gasteiger partial charge in [0.15, 0.2) is 0 Å². The van der Waals surface area contributed by atoms with Crippen molar-refractivity contribution in [1.29, 1.82) is 0 Å². The number of rotatable bonds is 3. The topological polar surface area (TPSA) is 88.1 Å². The maximum Gasteiger partial charge on any atom is 0.451 e. The quantitative estimate of drug-likeness (QED) is 0.662. The standard InChI is InChI=1S/C21H19F6N5O2/c22-20(23,24)14-5-1-4-13(30-14)16(33)29-12-3-2-7-19(11-12)8-10-32(18(19)34)15-6-9-28-17(31-15)21(25,26)27/h1,4-6,9,12H,2-3,7-8,10-11H2,(H,29,33). The molecule has 0 aromatic carbocycles. The van der Waals surface area contributed by atoms with Gasteiger partial charge in [0, 0.05) is 18.8 Å². The molecule has 34 heavy (non-hydrogen) atoms. The molecule has 4 rings (SSSR count). The zero-order valence-electron chi connectivity index (χ0n) is 17.6. The smallest absolute Gasteiger partial charge is 0.348 e. The number of anilines is 1. The summed E-state index contributed by atoms with van der Waals surface area (Å²) in [5.41, 5.74) is -2.49. The molecule has 1 saturated carbocycles. The summed E-state index contributed by atoms with van der Waals surface area (Å²) in [5, 5.41) is 2.66. The number of carbonyl (C=O) groups excluding carboxylic acids is 2. The van der Waals surface area contributed by atoms with Gasteiger partial charge in [0.25, 0.3) is 5.91 Å². The Morgan fingerprint density at radius 1 is 1.06 bits per heavy atom. The van der Waals surface area contributed by atoms with E-state index in [1.54, 1.807) is 0 Å². The van der Waals surface area contributed by atoms with Gasteiger partial charge in [-0.2, -0.15) is 26.3 Å². The fraction of sp³-hybridized carbons (Fsp3) is 0.476. The summed E-state index contributed by atoms with van der Waals surface area (Å²) in [7, 11) is 0. The number of pyridine rings is 1. The average Bonchev–Trinajstić information content (AvgIpc) is 3.08. The average molecular weight is 487 g/mol. The van der Waals surface area contributed by atoms with E-state index in [0.29, 0.717) is 25.7 Å². The summed E-state index contributed by atoms with van der Waals surface area (Å²) in [5.74, 6) is -2.68. The summed E-state index contributed by atoms with van der Waals surface area (Å²) in [4.78, 5) is 37.0. The van der Waals surface area contributed by atoms with E-state index >= 15 is 0 Å². The fourth-order valence-corrected chi connectivity index (χ4v) is 4.56. The van der Waals surface area contributed by atoms with Gasteiger partial charge in [-0.1, -0.05) is 12.5 Å². The van der Waals surface area contributed by atoms with Crippen molar-refractivity contribution in [1.82, 2.24) is 20.3 Å². The van der Waals surface area contributed by atoms with Crippen LogP contribution in [0.2, 0.25) is 0 Å². The number of alkyl halides is 6. The molecule has 182 valence electrons. The molecule has 0 bridgehead atoms. The van der Waals surface area contributed by atoms with Gasteiger partial charge in [-0.05, 0) is 43.9 Å². The Bertz CT molecular complexity index is 1110. The first-order chi connectivity index (χ1) is 15.9. The molecular weight excluding hydrogens is 468 g/mol. The number of carbonyl (C=O) groups is 2. The molecule has 1 saturated heterocycles. The van der Waals surface area contributed by atoms with E-state index in [1.165, 1.54) is 17.0 Å².